The molecule has 0 radical (unpaired) electrons. The van der Waals surface area contributed by atoms with Crippen LogP contribution in [0.25, 0.3) is 0 Å². The van der Waals surface area contributed by atoms with Gasteiger partial charge in [-0.05, 0) is 24.3 Å². The number of ether oxygens (including phenoxy) is 1. The molecule has 0 saturated heterocycles. The van der Waals surface area contributed by atoms with E-state index in [4.69, 9.17) is 9.29 Å². The Morgan fingerprint density at radius 2 is 1.79 bits per heavy atom. The normalized spacial score (nSPS) is 10.1. The van der Waals surface area contributed by atoms with Crippen LogP contribution in [-0.4, -0.2) is 64.4 Å². The zero-order chi connectivity index (χ0) is 9.90. The first-order valence-electron chi connectivity index (χ1n) is 3.39. The molecule has 0 fully saturated rings. The molecular formula is C8H9KO4S. The topological polar surface area (TPSA) is 63.6 Å². The van der Waals surface area contributed by atoms with Crippen LogP contribution in [0.4, 0.5) is 0 Å². The summed E-state index contributed by atoms with van der Waals surface area (Å²) < 4.78 is 34.7. The Morgan fingerprint density at radius 1 is 1.29 bits per heavy atom. The fourth-order valence-electron chi connectivity index (χ4n) is 0.786. The Kier molecular flexibility index (Phi) is 6.14. The summed E-state index contributed by atoms with van der Waals surface area (Å²) in [6, 6.07) is 5.33. The van der Waals surface area contributed by atoms with Gasteiger partial charge < -0.3 is 4.74 Å². The first-order chi connectivity index (χ1) is 6.04. The summed E-state index contributed by atoms with van der Waals surface area (Å²) >= 11 is 0. The third-order valence-electron chi connectivity index (χ3n) is 1.34. The summed E-state index contributed by atoms with van der Waals surface area (Å²) in [4.78, 5) is -0.163. The second-order valence-corrected chi connectivity index (χ2v) is 3.65. The first kappa shape index (κ1) is 14.3. The number of benzene rings is 1. The Bertz CT molecular complexity index is 396. The van der Waals surface area contributed by atoms with Crippen molar-refractivity contribution in [3.05, 3.63) is 37.1 Å². The molecule has 0 aliphatic heterocycles. The molecule has 1 rings (SSSR count). The van der Waals surface area contributed by atoms with Gasteiger partial charge in [0.2, 0.25) is 0 Å². The molecule has 0 bridgehead atoms. The van der Waals surface area contributed by atoms with Crippen molar-refractivity contribution in [1.29, 1.82) is 0 Å². The number of hydrogen-bond acceptors (Lipinski definition) is 3. The van der Waals surface area contributed by atoms with Crippen LogP contribution in [0.2, 0.25) is 0 Å². The van der Waals surface area contributed by atoms with Crippen molar-refractivity contribution >= 4 is 61.5 Å². The van der Waals surface area contributed by atoms with Crippen LogP contribution in [0, 0.1) is 0 Å². The summed E-state index contributed by atoms with van der Waals surface area (Å²) in [6.07, 6.45) is 1.22. The molecule has 0 saturated carbocycles. The van der Waals surface area contributed by atoms with Gasteiger partial charge in [-0.3, -0.25) is 4.55 Å². The standard InChI is InChI=1S/C8H8O4S.K.H/c1-2-12-7-3-5-8(6-4-7)13(9,10)11;;/h2-6H,1H2,(H,9,10,11);;. The van der Waals surface area contributed by atoms with E-state index in [1.54, 1.807) is 0 Å². The Labute approximate surface area is 125 Å². The predicted octanol–water partition coefficient (Wildman–Crippen LogP) is 0.807. The summed E-state index contributed by atoms with van der Waals surface area (Å²) in [5.41, 5.74) is 0. The molecule has 72 valence electrons. The van der Waals surface area contributed by atoms with Crippen LogP contribution >= 0.6 is 0 Å². The molecule has 14 heavy (non-hydrogen) atoms. The Hall–Kier alpha value is 0.306. The van der Waals surface area contributed by atoms with E-state index in [1.165, 1.54) is 30.5 Å². The molecule has 0 unspecified atom stereocenters. The predicted molar refractivity (Wildman–Crippen MR) is 54.2 cm³/mol. The fourth-order valence-corrected chi connectivity index (χ4v) is 1.27. The van der Waals surface area contributed by atoms with Gasteiger partial charge in [-0.1, -0.05) is 6.58 Å². The van der Waals surface area contributed by atoms with Gasteiger partial charge in [-0.2, -0.15) is 8.42 Å². The van der Waals surface area contributed by atoms with Gasteiger partial charge in [-0.25, -0.2) is 0 Å². The van der Waals surface area contributed by atoms with Crippen LogP contribution in [0.5, 0.6) is 5.75 Å². The van der Waals surface area contributed by atoms with E-state index in [0.717, 1.165) is 0 Å². The van der Waals surface area contributed by atoms with E-state index in [2.05, 4.69) is 6.58 Å². The molecular weight excluding hydrogens is 231 g/mol. The molecule has 0 aliphatic carbocycles. The Morgan fingerprint density at radius 3 is 2.14 bits per heavy atom. The van der Waals surface area contributed by atoms with Gasteiger partial charge >= 0.3 is 51.4 Å². The molecule has 0 aliphatic rings. The fraction of sp³-hybridized carbons (Fsp3) is 0. The summed E-state index contributed by atoms with van der Waals surface area (Å²) in [5, 5.41) is 0. The van der Waals surface area contributed by atoms with Crippen LogP contribution in [-0.2, 0) is 10.1 Å². The minimum atomic E-state index is -4.12. The molecule has 0 atom stereocenters. The van der Waals surface area contributed by atoms with Crippen LogP contribution < -0.4 is 4.74 Å². The van der Waals surface area contributed by atoms with Gasteiger partial charge in [0.05, 0.1) is 11.2 Å². The summed E-state index contributed by atoms with van der Waals surface area (Å²) in [7, 11) is -4.12. The zero-order valence-corrected chi connectivity index (χ0v) is 7.49. The second-order valence-electron chi connectivity index (χ2n) is 2.23. The summed E-state index contributed by atoms with van der Waals surface area (Å²) in [6.45, 7) is 3.34. The zero-order valence-electron chi connectivity index (χ0n) is 6.67. The van der Waals surface area contributed by atoms with Crippen molar-refractivity contribution < 1.29 is 17.7 Å². The summed E-state index contributed by atoms with van der Waals surface area (Å²) in [5.74, 6) is 0.461. The van der Waals surface area contributed by atoms with Crippen molar-refractivity contribution in [2.75, 3.05) is 0 Å². The molecule has 6 heteroatoms. The van der Waals surface area contributed by atoms with E-state index >= 15 is 0 Å². The van der Waals surface area contributed by atoms with Crippen LogP contribution in [0.15, 0.2) is 42.0 Å². The van der Waals surface area contributed by atoms with Gasteiger partial charge in [0.1, 0.15) is 5.75 Å². The quantitative estimate of drug-likeness (QED) is 0.482. The molecule has 1 aromatic rings. The van der Waals surface area contributed by atoms with Gasteiger partial charge in [0.25, 0.3) is 10.1 Å². The van der Waals surface area contributed by atoms with E-state index < -0.39 is 10.1 Å². The SMILES string of the molecule is C=COc1ccc(S(=O)(=O)O)cc1.[KH]. The van der Waals surface area contributed by atoms with Crippen molar-refractivity contribution in [3.63, 3.8) is 0 Å². The van der Waals surface area contributed by atoms with Crippen molar-refractivity contribution in [1.82, 2.24) is 0 Å². The minimum absolute atomic E-state index is 0. The van der Waals surface area contributed by atoms with Crippen molar-refractivity contribution in [2.24, 2.45) is 0 Å². The van der Waals surface area contributed by atoms with Gasteiger partial charge in [-0.15, -0.1) is 0 Å². The maximum atomic E-state index is 10.6. The molecule has 0 heterocycles. The average molecular weight is 240 g/mol. The molecule has 1 aromatic carbocycles. The average Bonchev–Trinajstić information content (AvgIpc) is 2.04. The second kappa shape index (κ2) is 6.01. The van der Waals surface area contributed by atoms with Crippen molar-refractivity contribution in [3.8, 4) is 5.75 Å². The third kappa shape index (κ3) is 4.22. The van der Waals surface area contributed by atoms with Crippen LogP contribution in [0.3, 0.4) is 0 Å². The van der Waals surface area contributed by atoms with Gasteiger partial charge in [0, 0.05) is 0 Å². The Balaban J connectivity index is 0.00000169. The monoisotopic (exact) mass is 240 g/mol. The van der Waals surface area contributed by atoms with Crippen LogP contribution in [0.1, 0.15) is 0 Å². The van der Waals surface area contributed by atoms with E-state index in [9.17, 15) is 8.42 Å². The number of hydrogen-bond donors (Lipinski definition) is 1. The van der Waals surface area contributed by atoms with Crippen molar-refractivity contribution in [2.45, 2.75) is 4.90 Å². The first-order valence-corrected chi connectivity index (χ1v) is 4.83. The maximum absolute atomic E-state index is 10.6. The molecule has 1 N–H and O–H groups in total. The molecule has 0 spiro atoms. The van der Waals surface area contributed by atoms with Gasteiger partial charge in [0.15, 0.2) is 0 Å². The van der Waals surface area contributed by atoms with E-state index in [-0.39, 0.29) is 56.3 Å². The molecule has 0 aromatic heterocycles. The third-order valence-corrected chi connectivity index (χ3v) is 2.21. The molecule has 4 nitrogen and oxygen atoms in total. The number of rotatable bonds is 3. The van der Waals surface area contributed by atoms with E-state index in [1.807, 2.05) is 0 Å². The molecule has 0 amide bonds. The van der Waals surface area contributed by atoms with E-state index in [0.29, 0.717) is 5.75 Å².